The number of hydrogen-bond donors (Lipinski definition) is 3. The highest BCUT2D eigenvalue weighted by molar-refractivity contribution is 7.99. The van der Waals surface area contributed by atoms with E-state index in [1.807, 2.05) is 13.0 Å². The summed E-state index contributed by atoms with van der Waals surface area (Å²) in [5.74, 6) is 1.05. The Hall–Kier alpha value is -1.99. The standard InChI is InChI=1S/C14H16ClN5OS/c1-8-9(15)3-2-4-10(8)18-13(21)5-6-22-14-19-11(16)7-12(17)20-14/h2-4,7H,5-6H2,1H3,(H,18,21)(H4,16,17,19,20). The van der Waals surface area contributed by atoms with Crippen LogP contribution in [0, 0.1) is 6.92 Å². The molecule has 0 aliphatic heterocycles. The van der Waals surface area contributed by atoms with Crippen molar-refractivity contribution in [2.24, 2.45) is 0 Å². The van der Waals surface area contributed by atoms with Crippen LogP contribution < -0.4 is 16.8 Å². The molecule has 116 valence electrons. The Balaban J connectivity index is 1.86. The second-order valence-corrected chi connectivity index (χ2v) is 6.03. The number of halogens is 1. The Morgan fingerprint density at radius 3 is 2.68 bits per heavy atom. The van der Waals surface area contributed by atoms with Gasteiger partial charge in [0.05, 0.1) is 0 Å². The Kier molecular flexibility index (Phi) is 5.46. The third-order valence-corrected chi connectivity index (χ3v) is 4.11. The highest BCUT2D eigenvalue weighted by atomic mass is 35.5. The first kappa shape index (κ1) is 16.4. The molecule has 0 spiro atoms. The first-order chi connectivity index (χ1) is 10.5. The predicted molar refractivity (Wildman–Crippen MR) is 91.0 cm³/mol. The van der Waals surface area contributed by atoms with Gasteiger partial charge < -0.3 is 16.8 Å². The molecule has 2 aromatic rings. The number of aromatic nitrogens is 2. The fourth-order valence-electron chi connectivity index (χ4n) is 1.72. The van der Waals surface area contributed by atoms with E-state index < -0.39 is 0 Å². The summed E-state index contributed by atoms with van der Waals surface area (Å²) in [6, 6.07) is 6.87. The van der Waals surface area contributed by atoms with E-state index in [4.69, 9.17) is 23.1 Å². The van der Waals surface area contributed by atoms with Crippen LogP contribution >= 0.6 is 23.4 Å². The highest BCUT2D eigenvalue weighted by Gasteiger charge is 2.08. The van der Waals surface area contributed by atoms with Gasteiger partial charge in [-0.25, -0.2) is 9.97 Å². The summed E-state index contributed by atoms with van der Waals surface area (Å²) < 4.78 is 0. The van der Waals surface area contributed by atoms with Gasteiger partial charge in [0.1, 0.15) is 11.6 Å². The summed E-state index contributed by atoms with van der Waals surface area (Å²) in [5.41, 5.74) is 12.7. The minimum Gasteiger partial charge on any atom is -0.383 e. The van der Waals surface area contributed by atoms with Crippen molar-refractivity contribution in [3.63, 3.8) is 0 Å². The molecule has 0 saturated carbocycles. The highest BCUT2D eigenvalue weighted by Crippen LogP contribution is 2.23. The number of benzene rings is 1. The number of nitrogens with one attached hydrogen (secondary N) is 1. The second-order valence-electron chi connectivity index (χ2n) is 4.56. The maximum atomic E-state index is 11.9. The molecule has 8 heteroatoms. The van der Waals surface area contributed by atoms with Crippen molar-refractivity contribution < 1.29 is 4.79 Å². The van der Waals surface area contributed by atoms with Crippen molar-refractivity contribution >= 4 is 46.6 Å². The fraction of sp³-hybridized carbons (Fsp3) is 0.214. The monoisotopic (exact) mass is 337 g/mol. The zero-order valence-electron chi connectivity index (χ0n) is 12.0. The molecule has 2 rings (SSSR count). The predicted octanol–water partition coefficient (Wildman–Crippen LogP) is 2.72. The minimum absolute atomic E-state index is 0.102. The van der Waals surface area contributed by atoms with E-state index in [2.05, 4.69) is 15.3 Å². The van der Waals surface area contributed by atoms with Crippen molar-refractivity contribution in [1.29, 1.82) is 0 Å². The van der Waals surface area contributed by atoms with Crippen LogP contribution in [-0.2, 0) is 4.79 Å². The molecule has 0 aliphatic carbocycles. The van der Waals surface area contributed by atoms with E-state index in [0.717, 1.165) is 5.56 Å². The number of hydrogen-bond acceptors (Lipinski definition) is 6. The van der Waals surface area contributed by atoms with Gasteiger partial charge in [0.25, 0.3) is 0 Å². The van der Waals surface area contributed by atoms with E-state index in [-0.39, 0.29) is 5.91 Å². The molecular formula is C14H16ClN5OS. The van der Waals surface area contributed by atoms with E-state index >= 15 is 0 Å². The molecule has 1 aromatic carbocycles. The van der Waals surface area contributed by atoms with E-state index in [1.54, 1.807) is 12.1 Å². The van der Waals surface area contributed by atoms with Crippen molar-refractivity contribution in [3.05, 3.63) is 34.9 Å². The zero-order chi connectivity index (χ0) is 16.1. The molecule has 0 radical (unpaired) electrons. The van der Waals surface area contributed by atoms with Gasteiger partial charge in [-0.2, -0.15) is 0 Å². The van der Waals surface area contributed by atoms with E-state index in [1.165, 1.54) is 17.8 Å². The summed E-state index contributed by atoms with van der Waals surface area (Å²) >= 11 is 7.34. The van der Waals surface area contributed by atoms with Crippen LogP contribution in [0.3, 0.4) is 0 Å². The molecule has 0 fully saturated rings. The SMILES string of the molecule is Cc1c(Cl)cccc1NC(=O)CCSc1nc(N)cc(N)n1. The van der Waals surface area contributed by atoms with Gasteiger partial charge in [0, 0.05) is 29.0 Å². The van der Waals surface area contributed by atoms with Crippen LogP contribution in [0.4, 0.5) is 17.3 Å². The first-order valence-corrected chi connectivity index (χ1v) is 7.90. The lowest BCUT2D eigenvalue weighted by atomic mass is 10.2. The van der Waals surface area contributed by atoms with Gasteiger partial charge in [0.2, 0.25) is 5.91 Å². The normalized spacial score (nSPS) is 10.5. The molecule has 1 aromatic heterocycles. The van der Waals surface area contributed by atoms with Gasteiger partial charge in [-0.15, -0.1) is 0 Å². The summed E-state index contributed by atoms with van der Waals surface area (Å²) in [4.78, 5) is 20.0. The fourth-order valence-corrected chi connectivity index (χ4v) is 2.70. The minimum atomic E-state index is -0.102. The van der Waals surface area contributed by atoms with Crippen LogP contribution in [0.5, 0.6) is 0 Å². The van der Waals surface area contributed by atoms with Gasteiger partial charge in [-0.1, -0.05) is 29.4 Å². The Bertz CT molecular complexity index is 675. The molecule has 1 heterocycles. The number of nitrogen functional groups attached to an aromatic ring is 2. The van der Waals surface area contributed by atoms with Crippen LogP contribution in [0.2, 0.25) is 5.02 Å². The maximum Gasteiger partial charge on any atom is 0.225 e. The quantitative estimate of drug-likeness (QED) is 0.572. The molecule has 0 bridgehead atoms. The first-order valence-electron chi connectivity index (χ1n) is 6.53. The lowest BCUT2D eigenvalue weighted by molar-refractivity contribution is -0.115. The van der Waals surface area contributed by atoms with Gasteiger partial charge in [0.15, 0.2) is 5.16 Å². The number of nitrogens with two attached hydrogens (primary N) is 2. The number of anilines is 3. The van der Waals surface area contributed by atoms with Gasteiger partial charge >= 0.3 is 0 Å². The van der Waals surface area contributed by atoms with Gasteiger partial charge in [-0.05, 0) is 24.6 Å². The Morgan fingerprint density at radius 2 is 2.00 bits per heavy atom. The largest absolute Gasteiger partial charge is 0.383 e. The number of carbonyl (C=O) groups is 1. The molecule has 0 unspecified atom stereocenters. The smallest absolute Gasteiger partial charge is 0.225 e. The number of nitrogens with zero attached hydrogens (tertiary/aromatic N) is 2. The molecule has 6 nitrogen and oxygen atoms in total. The second kappa shape index (κ2) is 7.33. The zero-order valence-corrected chi connectivity index (χ0v) is 13.5. The lowest BCUT2D eigenvalue weighted by Crippen LogP contribution is -2.13. The van der Waals surface area contributed by atoms with Crippen molar-refractivity contribution in [2.75, 3.05) is 22.5 Å². The Morgan fingerprint density at radius 1 is 1.32 bits per heavy atom. The molecule has 0 aliphatic rings. The molecule has 0 atom stereocenters. The molecular weight excluding hydrogens is 322 g/mol. The number of thioether (sulfide) groups is 1. The average Bonchev–Trinajstić information content (AvgIpc) is 2.43. The Labute approximate surface area is 137 Å². The third-order valence-electron chi connectivity index (χ3n) is 2.85. The van der Waals surface area contributed by atoms with E-state index in [9.17, 15) is 4.79 Å². The summed E-state index contributed by atoms with van der Waals surface area (Å²) in [6.07, 6.45) is 0.314. The van der Waals surface area contributed by atoms with Crippen LogP contribution in [0.25, 0.3) is 0 Å². The summed E-state index contributed by atoms with van der Waals surface area (Å²) in [5, 5.41) is 3.92. The van der Waals surface area contributed by atoms with Crippen LogP contribution in [0.15, 0.2) is 29.4 Å². The number of amides is 1. The van der Waals surface area contributed by atoms with Crippen LogP contribution in [-0.4, -0.2) is 21.6 Å². The van der Waals surface area contributed by atoms with Crippen molar-refractivity contribution in [2.45, 2.75) is 18.5 Å². The molecule has 5 N–H and O–H groups in total. The number of rotatable bonds is 5. The lowest BCUT2D eigenvalue weighted by Gasteiger charge is -2.09. The molecule has 0 saturated heterocycles. The van der Waals surface area contributed by atoms with Crippen LogP contribution in [0.1, 0.15) is 12.0 Å². The number of carbonyl (C=O) groups excluding carboxylic acids is 1. The maximum absolute atomic E-state index is 11.9. The van der Waals surface area contributed by atoms with E-state index in [0.29, 0.717) is 39.7 Å². The summed E-state index contributed by atoms with van der Waals surface area (Å²) in [6.45, 7) is 1.86. The average molecular weight is 338 g/mol. The molecule has 22 heavy (non-hydrogen) atoms. The summed E-state index contributed by atoms with van der Waals surface area (Å²) in [7, 11) is 0. The third kappa shape index (κ3) is 4.51. The molecule has 1 amide bonds. The van der Waals surface area contributed by atoms with Crippen molar-refractivity contribution in [3.8, 4) is 0 Å². The van der Waals surface area contributed by atoms with Gasteiger partial charge in [-0.3, -0.25) is 4.79 Å². The van der Waals surface area contributed by atoms with Crippen molar-refractivity contribution in [1.82, 2.24) is 9.97 Å². The topological polar surface area (TPSA) is 107 Å².